The highest BCUT2D eigenvalue weighted by atomic mass is 35.5. The van der Waals surface area contributed by atoms with Crippen LogP contribution in [0.3, 0.4) is 0 Å². The van der Waals surface area contributed by atoms with Crippen LogP contribution in [0.4, 0.5) is 0 Å². The predicted molar refractivity (Wildman–Crippen MR) is 95.8 cm³/mol. The van der Waals surface area contributed by atoms with E-state index in [1.54, 1.807) is 0 Å². The highest BCUT2D eigenvalue weighted by Crippen LogP contribution is 2.48. The van der Waals surface area contributed by atoms with Crippen molar-refractivity contribution in [3.8, 4) is 0 Å². The summed E-state index contributed by atoms with van der Waals surface area (Å²) in [5.41, 5.74) is 7.32. The van der Waals surface area contributed by atoms with E-state index in [-0.39, 0.29) is 30.3 Å². The van der Waals surface area contributed by atoms with E-state index in [0.29, 0.717) is 18.4 Å². The Morgan fingerprint density at radius 2 is 1.91 bits per heavy atom. The van der Waals surface area contributed by atoms with Crippen LogP contribution in [0.25, 0.3) is 10.8 Å². The lowest BCUT2D eigenvalue weighted by Crippen LogP contribution is -2.39. The van der Waals surface area contributed by atoms with Crippen molar-refractivity contribution in [2.24, 2.45) is 17.6 Å². The molecule has 0 bridgehead atoms. The summed E-state index contributed by atoms with van der Waals surface area (Å²) in [6.07, 6.45) is 3.41. The standard InChI is InChI=1S/C19H22N2O.ClH/c20-18(13-6-7-13)11-21-19(22)17-10-16(17)15-8-5-12-3-1-2-4-14(12)9-15;/h1-5,8-9,13,16-18H,6-7,10-11,20H2,(H,21,22);1H. The highest BCUT2D eigenvalue weighted by Gasteiger charge is 2.44. The molecular weight excluding hydrogens is 308 g/mol. The highest BCUT2D eigenvalue weighted by molar-refractivity contribution is 5.86. The van der Waals surface area contributed by atoms with Crippen molar-refractivity contribution < 1.29 is 4.79 Å². The first kappa shape index (κ1) is 16.3. The van der Waals surface area contributed by atoms with Gasteiger partial charge < -0.3 is 11.1 Å². The third kappa shape index (κ3) is 3.51. The second kappa shape index (κ2) is 6.50. The summed E-state index contributed by atoms with van der Waals surface area (Å²) in [4.78, 5) is 12.2. The number of fused-ring (bicyclic) bond motifs is 1. The van der Waals surface area contributed by atoms with Gasteiger partial charge in [0.05, 0.1) is 0 Å². The zero-order chi connectivity index (χ0) is 15.1. The van der Waals surface area contributed by atoms with Crippen LogP contribution in [0.15, 0.2) is 42.5 Å². The molecule has 2 saturated carbocycles. The van der Waals surface area contributed by atoms with Crippen molar-refractivity contribution in [2.45, 2.75) is 31.2 Å². The predicted octanol–water partition coefficient (Wildman–Crippen LogP) is 3.22. The van der Waals surface area contributed by atoms with E-state index in [2.05, 4.69) is 47.8 Å². The van der Waals surface area contributed by atoms with Gasteiger partial charge in [0.2, 0.25) is 5.91 Å². The average molecular weight is 331 g/mol. The molecule has 122 valence electrons. The molecule has 2 aliphatic rings. The molecule has 0 heterocycles. The fourth-order valence-corrected chi connectivity index (χ4v) is 3.33. The maximum atomic E-state index is 12.2. The zero-order valence-electron chi connectivity index (χ0n) is 13.1. The maximum Gasteiger partial charge on any atom is 0.223 e. The van der Waals surface area contributed by atoms with Crippen LogP contribution < -0.4 is 11.1 Å². The van der Waals surface area contributed by atoms with Crippen molar-refractivity contribution in [3.05, 3.63) is 48.0 Å². The third-order valence-corrected chi connectivity index (χ3v) is 5.07. The van der Waals surface area contributed by atoms with Gasteiger partial charge in [0.15, 0.2) is 0 Å². The number of hydrogen-bond donors (Lipinski definition) is 2. The van der Waals surface area contributed by atoms with Crippen molar-refractivity contribution in [1.82, 2.24) is 5.32 Å². The molecule has 0 radical (unpaired) electrons. The third-order valence-electron chi connectivity index (χ3n) is 5.07. The number of nitrogens with two attached hydrogens (primary N) is 1. The molecule has 1 amide bonds. The van der Waals surface area contributed by atoms with E-state index in [9.17, 15) is 4.79 Å². The van der Waals surface area contributed by atoms with Crippen molar-refractivity contribution in [1.29, 1.82) is 0 Å². The van der Waals surface area contributed by atoms with Gasteiger partial charge in [0, 0.05) is 18.5 Å². The normalized spacial score (nSPS) is 23.9. The Bertz CT molecular complexity index is 713. The molecule has 0 saturated heterocycles. The maximum absolute atomic E-state index is 12.2. The van der Waals surface area contributed by atoms with Gasteiger partial charge in [-0.2, -0.15) is 0 Å². The van der Waals surface area contributed by atoms with E-state index in [4.69, 9.17) is 5.73 Å². The molecule has 4 heteroatoms. The van der Waals surface area contributed by atoms with Crippen LogP contribution in [0, 0.1) is 11.8 Å². The van der Waals surface area contributed by atoms with Crippen molar-refractivity contribution in [2.75, 3.05) is 6.54 Å². The summed E-state index contributed by atoms with van der Waals surface area (Å²) in [6, 6.07) is 15.0. The molecule has 2 aliphatic carbocycles. The van der Waals surface area contributed by atoms with Crippen molar-refractivity contribution >= 4 is 29.1 Å². The Kier molecular flexibility index (Phi) is 4.60. The summed E-state index contributed by atoms with van der Waals surface area (Å²) in [6.45, 7) is 0.629. The Labute approximate surface area is 143 Å². The number of rotatable bonds is 5. The summed E-state index contributed by atoms with van der Waals surface area (Å²) < 4.78 is 0. The molecule has 2 aromatic rings. The van der Waals surface area contributed by atoms with Gasteiger partial charge in [-0.1, -0.05) is 42.5 Å². The van der Waals surface area contributed by atoms with Crippen LogP contribution in [-0.4, -0.2) is 18.5 Å². The Hall–Kier alpha value is -1.58. The molecule has 0 aliphatic heterocycles. The summed E-state index contributed by atoms with van der Waals surface area (Å²) in [5.74, 6) is 1.32. The number of amides is 1. The van der Waals surface area contributed by atoms with Crippen LogP contribution in [-0.2, 0) is 4.79 Å². The second-order valence-electron chi connectivity index (χ2n) is 6.80. The minimum absolute atomic E-state index is 0. The van der Waals surface area contributed by atoms with Crippen LogP contribution in [0.1, 0.15) is 30.7 Å². The smallest absolute Gasteiger partial charge is 0.223 e. The second-order valence-corrected chi connectivity index (χ2v) is 6.80. The number of carbonyl (C=O) groups is 1. The van der Waals surface area contributed by atoms with E-state index in [1.165, 1.54) is 29.2 Å². The van der Waals surface area contributed by atoms with E-state index >= 15 is 0 Å². The average Bonchev–Trinajstić information content (AvgIpc) is 3.43. The molecule has 3 atom stereocenters. The van der Waals surface area contributed by atoms with Crippen LogP contribution in [0.2, 0.25) is 0 Å². The van der Waals surface area contributed by atoms with Gasteiger partial charge in [-0.25, -0.2) is 0 Å². The number of halogens is 1. The monoisotopic (exact) mass is 330 g/mol. The molecule has 3 nitrogen and oxygen atoms in total. The fourth-order valence-electron chi connectivity index (χ4n) is 3.33. The SMILES string of the molecule is Cl.NC(CNC(=O)C1CC1c1ccc2ccccc2c1)C1CC1. The molecule has 2 fully saturated rings. The first-order valence-corrected chi connectivity index (χ1v) is 8.24. The van der Waals surface area contributed by atoms with Crippen LogP contribution in [0.5, 0.6) is 0 Å². The Balaban J connectivity index is 0.00000156. The van der Waals surface area contributed by atoms with E-state index in [1.807, 2.05) is 0 Å². The fraction of sp³-hybridized carbons (Fsp3) is 0.421. The molecule has 0 spiro atoms. The molecule has 4 rings (SSSR count). The number of hydrogen-bond acceptors (Lipinski definition) is 2. The first-order chi connectivity index (χ1) is 10.7. The Morgan fingerprint density at radius 3 is 2.65 bits per heavy atom. The summed E-state index contributed by atoms with van der Waals surface area (Å²) >= 11 is 0. The topological polar surface area (TPSA) is 55.1 Å². The van der Waals surface area contributed by atoms with Gasteiger partial charge in [-0.15, -0.1) is 12.4 Å². The molecule has 3 unspecified atom stereocenters. The Morgan fingerprint density at radius 1 is 1.17 bits per heavy atom. The molecule has 2 aromatic carbocycles. The summed E-state index contributed by atoms with van der Waals surface area (Å²) in [5, 5.41) is 5.54. The van der Waals surface area contributed by atoms with Gasteiger partial charge in [0.1, 0.15) is 0 Å². The zero-order valence-corrected chi connectivity index (χ0v) is 13.9. The van der Waals surface area contributed by atoms with Gasteiger partial charge >= 0.3 is 0 Å². The minimum atomic E-state index is 0. The number of nitrogens with one attached hydrogen (secondary N) is 1. The van der Waals surface area contributed by atoms with Gasteiger partial charge in [0.25, 0.3) is 0 Å². The lowest BCUT2D eigenvalue weighted by atomic mass is 10.0. The lowest BCUT2D eigenvalue weighted by Gasteiger charge is -2.11. The number of carbonyl (C=O) groups excluding carboxylic acids is 1. The number of benzene rings is 2. The van der Waals surface area contributed by atoms with Gasteiger partial charge in [-0.05, 0) is 47.4 Å². The van der Waals surface area contributed by atoms with Gasteiger partial charge in [-0.3, -0.25) is 4.79 Å². The van der Waals surface area contributed by atoms with E-state index < -0.39 is 0 Å². The molecular formula is C19H23ClN2O. The molecule has 23 heavy (non-hydrogen) atoms. The minimum Gasteiger partial charge on any atom is -0.354 e. The largest absolute Gasteiger partial charge is 0.354 e. The lowest BCUT2D eigenvalue weighted by molar-refractivity contribution is -0.122. The first-order valence-electron chi connectivity index (χ1n) is 8.24. The summed E-state index contributed by atoms with van der Waals surface area (Å²) in [7, 11) is 0. The van der Waals surface area contributed by atoms with E-state index in [0.717, 1.165) is 6.42 Å². The van der Waals surface area contributed by atoms with Crippen molar-refractivity contribution in [3.63, 3.8) is 0 Å². The molecule has 0 aromatic heterocycles. The van der Waals surface area contributed by atoms with Crippen LogP contribution >= 0.6 is 12.4 Å². The quantitative estimate of drug-likeness (QED) is 0.884. The molecule has 3 N–H and O–H groups in total.